The summed E-state index contributed by atoms with van der Waals surface area (Å²) in [7, 11) is 1.54. The molecule has 1 aliphatic heterocycles. The number of carbonyl (C=O) groups excluding carboxylic acids is 2. The number of rotatable bonds is 4. The van der Waals surface area contributed by atoms with Gasteiger partial charge in [-0.3, -0.25) is 14.5 Å². The average Bonchev–Trinajstić information content (AvgIpc) is 3.29. The van der Waals surface area contributed by atoms with Crippen molar-refractivity contribution in [1.29, 1.82) is 0 Å². The normalized spacial score (nSPS) is 17.9. The molecule has 1 aliphatic rings. The van der Waals surface area contributed by atoms with Crippen molar-refractivity contribution >= 4 is 62.0 Å². The van der Waals surface area contributed by atoms with Crippen molar-refractivity contribution in [1.82, 2.24) is 0 Å². The molecule has 0 spiro atoms. The van der Waals surface area contributed by atoms with Crippen molar-refractivity contribution in [3.05, 3.63) is 85.0 Å². The van der Waals surface area contributed by atoms with E-state index in [1.54, 1.807) is 42.5 Å². The van der Waals surface area contributed by atoms with Crippen LogP contribution in [0.1, 0.15) is 22.0 Å². The third kappa shape index (κ3) is 3.78. The molecule has 1 N–H and O–H groups in total. The van der Waals surface area contributed by atoms with Crippen molar-refractivity contribution in [2.24, 2.45) is 0 Å². The first-order valence-corrected chi connectivity index (χ1v) is 11.3. The zero-order valence-electron chi connectivity index (χ0n) is 16.6. The molecule has 1 saturated heterocycles. The van der Waals surface area contributed by atoms with Gasteiger partial charge in [0, 0.05) is 21.2 Å². The van der Waals surface area contributed by atoms with Crippen LogP contribution in [0.4, 0.5) is 5.69 Å². The van der Waals surface area contributed by atoms with Gasteiger partial charge in [0.25, 0.3) is 11.7 Å². The number of hydrogen-bond donors (Lipinski definition) is 1. The Morgan fingerprint density at radius 1 is 1.16 bits per heavy atom. The van der Waals surface area contributed by atoms with Crippen LogP contribution in [0.15, 0.2) is 64.0 Å². The van der Waals surface area contributed by atoms with Crippen molar-refractivity contribution in [2.75, 3.05) is 12.0 Å². The average molecular weight is 519 g/mol. The van der Waals surface area contributed by atoms with Gasteiger partial charge in [-0.15, -0.1) is 11.3 Å². The third-order valence-electron chi connectivity index (χ3n) is 5.12. The highest BCUT2D eigenvalue weighted by Crippen LogP contribution is 2.45. The van der Waals surface area contributed by atoms with Gasteiger partial charge in [0.2, 0.25) is 0 Å². The van der Waals surface area contributed by atoms with Crippen LogP contribution in [0.2, 0.25) is 5.02 Å². The summed E-state index contributed by atoms with van der Waals surface area (Å²) in [5.74, 6) is -1.09. The fourth-order valence-electron chi connectivity index (χ4n) is 3.58. The molecule has 1 aromatic heterocycles. The van der Waals surface area contributed by atoms with E-state index >= 15 is 0 Å². The fraction of sp³-hybridized carbons (Fsp3) is 0.130. The van der Waals surface area contributed by atoms with Crippen LogP contribution < -0.4 is 9.64 Å². The number of aliphatic hydroxyl groups is 1. The highest BCUT2D eigenvalue weighted by atomic mass is 79.9. The summed E-state index contributed by atoms with van der Waals surface area (Å²) in [6, 6.07) is 12.9. The van der Waals surface area contributed by atoms with E-state index in [1.807, 2.05) is 18.4 Å². The van der Waals surface area contributed by atoms with Gasteiger partial charge < -0.3 is 9.84 Å². The van der Waals surface area contributed by atoms with Crippen LogP contribution in [-0.4, -0.2) is 23.9 Å². The second kappa shape index (κ2) is 8.49. The summed E-state index contributed by atoms with van der Waals surface area (Å²) in [5, 5.41) is 13.6. The molecule has 158 valence electrons. The highest BCUT2D eigenvalue weighted by molar-refractivity contribution is 9.10. The molecule has 2 aromatic carbocycles. The molecule has 5 nitrogen and oxygen atoms in total. The number of benzene rings is 2. The number of halogens is 2. The molecular weight excluding hydrogens is 502 g/mol. The molecule has 8 heteroatoms. The Bertz CT molecular complexity index is 1220. The molecule has 0 bridgehead atoms. The first-order chi connectivity index (χ1) is 14.8. The number of carbonyl (C=O) groups is 2. The zero-order valence-corrected chi connectivity index (χ0v) is 19.7. The number of methoxy groups -OCH3 is 1. The molecule has 1 amide bonds. The summed E-state index contributed by atoms with van der Waals surface area (Å²) in [5.41, 5.74) is 1.90. The second-order valence-corrected chi connectivity index (χ2v) is 9.20. The van der Waals surface area contributed by atoms with Gasteiger partial charge in [-0.25, -0.2) is 0 Å². The smallest absolute Gasteiger partial charge is 0.300 e. The van der Waals surface area contributed by atoms with Crippen LogP contribution in [0.5, 0.6) is 5.75 Å². The van der Waals surface area contributed by atoms with E-state index in [0.29, 0.717) is 26.5 Å². The lowest BCUT2D eigenvalue weighted by Crippen LogP contribution is -2.29. The molecule has 1 fully saturated rings. The van der Waals surface area contributed by atoms with Gasteiger partial charge in [-0.1, -0.05) is 11.6 Å². The molecule has 1 atom stereocenters. The predicted molar refractivity (Wildman–Crippen MR) is 126 cm³/mol. The summed E-state index contributed by atoms with van der Waals surface area (Å²) in [6.07, 6.45) is 0. The monoisotopic (exact) mass is 517 g/mol. The number of hydrogen-bond acceptors (Lipinski definition) is 5. The molecule has 1 unspecified atom stereocenters. The third-order valence-corrected chi connectivity index (χ3v) is 7.07. The lowest BCUT2D eigenvalue weighted by molar-refractivity contribution is -0.132. The minimum atomic E-state index is -0.748. The van der Waals surface area contributed by atoms with Gasteiger partial charge in [-0.05, 0) is 82.3 Å². The fourth-order valence-corrected chi connectivity index (χ4v) is 5.27. The van der Waals surface area contributed by atoms with Crippen LogP contribution in [0, 0.1) is 6.92 Å². The Morgan fingerprint density at radius 2 is 1.87 bits per heavy atom. The van der Waals surface area contributed by atoms with Crippen LogP contribution in [0.25, 0.3) is 5.76 Å². The molecule has 0 radical (unpaired) electrons. The molecule has 0 aliphatic carbocycles. The Morgan fingerprint density at radius 3 is 2.45 bits per heavy atom. The summed E-state index contributed by atoms with van der Waals surface area (Å²) < 4.78 is 5.86. The van der Waals surface area contributed by atoms with Gasteiger partial charge in [0.15, 0.2) is 0 Å². The molecule has 2 heterocycles. The first kappa shape index (κ1) is 21.6. The summed E-state index contributed by atoms with van der Waals surface area (Å²) in [6.45, 7) is 1.91. The predicted octanol–water partition coefficient (Wildman–Crippen LogP) is 6.11. The standard InChI is InChI=1S/C23H17BrClNO4S/c1-12-9-10-31-22(12)19-18(20(27)13-3-8-17(30-2)16(24)11-13)21(28)23(29)26(19)15-6-4-14(25)5-7-15/h3-11,19,27H,1-2H3/b20-18-. The van der Waals surface area contributed by atoms with Gasteiger partial charge >= 0.3 is 0 Å². The molecule has 0 saturated carbocycles. The Kier molecular flexibility index (Phi) is 5.92. The van der Waals surface area contributed by atoms with Crippen LogP contribution in [-0.2, 0) is 9.59 Å². The van der Waals surface area contributed by atoms with Crippen LogP contribution in [0.3, 0.4) is 0 Å². The van der Waals surface area contributed by atoms with Gasteiger partial charge in [0.05, 0.1) is 17.2 Å². The van der Waals surface area contributed by atoms with Gasteiger partial charge in [0.1, 0.15) is 17.6 Å². The van der Waals surface area contributed by atoms with Gasteiger partial charge in [-0.2, -0.15) is 0 Å². The number of thiophene rings is 1. The lowest BCUT2D eigenvalue weighted by Gasteiger charge is -2.25. The van der Waals surface area contributed by atoms with E-state index in [9.17, 15) is 14.7 Å². The van der Waals surface area contributed by atoms with E-state index < -0.39 is 17.7 Å². The highest BCUT2D eigenvalue weighted by Gasteiger charge is 2.47. The largest absolute Gasteiger partial charge is 0.507 e. The minimum Gasteiger partial charge on any atom is -0.507 e. The van der Waals surface area contributed by atoms with E-state index in [0.717, 1.165) is 10.4 Å². The minimum absolute atomic E-state index is 0.0440. The van der Waals surface area contributed by atoms with E-state index in [4.69, 9.17) is 16.3 Å². The molecule has 4 rings (SSSR count). The maximum Gasteiger partial charge on any atom is 0.300 e. The van der Waals surface area contributed by atoms with E-state index in [1.165, 1.54) is 23.3 Å². The number of aryl methyl sites for hydroxylation is 1. The number of amides is 1. The van der Waals surface area contributed by atoms with Crippen molar-refractivity contribution in [3.8, 4) is 5.75 Å². The second-order valence-electron chi connectivity index (χ2n) is 6.96. The summed E-state index contributed by atoms with van der Waals surface area (Å²) >= 11 is 10.8. The van der Waals surface area contributed by atoms with Crippen molar-refractivity contribution in [2.45, 2.75) is 13.0 Å². The Balaban J connectivity index is 1.93. The van der Waals surface area contributed by atoms with E-state index in [-0.39, 0.29) is 11.3 Å². The SMILES string of the molecule is COc1ccc(/C(O)=C2/C(=O)C(=O)N(c3ccc(Cl)cc3)C2c2sccc2C)cc1Br. The lowest BCUT2D eigenvalue weighted by atomic mass is 9.98. The van der Waals surface area contributed by atoms with Crippen molar-refractivity contribution < 1.29 is 19.4 Å². The maximum absolute atomic E-state index is 13.1. The molecule has 31 heavy (non-hydrogen) atoms. The Hall–Kier alpha value is -2.61. The van der Waals surface area contributed by atoms with Crippen LogP contribution >= 0.6 is 38.9 Å². The number of aliphatic hydroxyl groups excluding tert-OH is 1. The molecular formula is C23H17BrClNO4S. The number of anilines is 1. The number of nitrogens with zero attached hydrogens (tertiary/aromatic N) is 1. The number of ketones is 1. The Labute approximate surface area is 196 Å². The maximum atomic E-state index is 13.1. The quantitative estimate of drug-likeness (QED) is 0.257. The first-order valence-electron chi connectivity index (χ1n) is 9.28. The summed E-state index contributed by atoms with van der Waals surface area (Å²) in [4.78, 5) is 28.5. The van der Waals surface area contributed by atoms with E-state index in [2.05, 4.69) is 15.9 Å². The zero-order chi connectivity index (χ0) is 22.3. The van der Waals surface area contributed by atoms with Crippen molar-refractivity contribution in [3.63, 3.8) is 0 Å². The topological polar surface area (TPSA) is 66.8 Å². The molecule has 3 aromatic rings. The number of Topliss-reactive ketones (excluding diaryl/α,β-unsaturated/α-hetero) is 1. The number of ether oxygens (including phenoxy) is 1.